The first-order valence-corrected chi connectivity index (χ1v) is 6.47. The molecule has 4 nitrogen and oxygen atoms in total. The van der Waals surface area contributed by atoms with E-state index in [1.807, 2.05) is 25.3 Å². The van der Waals surface area contributed by atoms with E-state index in [9.17, 15) is 4.79 Å². The van der Waals surface area contributed by atoms with Crippen LogP contribution in [0.3, 0.4) is 0 Å². The molecule has 0 bridgehead atoms. The molecular weight excluding hydrogens is 248 g/mol. The van der Waals surface area contributed by atoms with Crippen LogP contribution >= 0.6 is 11.3 Å². The lowest BCUT2D eigenvalue weighted by Gasteiger charge is -2.08. The van der Waals surface area contributed by atoms with Crippen molar-refractivity contribution in [1.29, 1.82) is 0 Å². The number of aromatic nitrogens is 1. The molecule has 0 aliphatic carbocycles. The molecule has 0 radical (unpaired) electrons. The van der Waals surface area contributed by atoms with Crippen LogP contribution < -0.4 is 0 Å². The van der Waals surface area contributed by atoms with E-state index in [-0.39, 0.29) is 0 Å². The largest absolute Gasteiger partial charge is 0.465 e. The maximum Gasteiger partial charge on any atom is 0.407 e. The maximum atomic E-state index is 10.9. The normalized spacial score (nSPS) is 13.7. The predicted octanol–water partition coefficient (Wildman–Crippen LogP) is 3.11. The van der Waals surface area contributed by atoms with Crippen molar-refractivity contribution in [3.63, 3.8) is 0 Å². The van der Waals surface area contributed by atoms with E-state index in [0.717, 1.165) is 21.7 Å². The number of fused-ring (bicyclic) bond motifs is 1. The summed E-state index contributed by atoms with van der Waals surface area (Å²) in [5.41, 5.74) is 3.25. The highest BCUT2D eigenvalue weighted by molar-refractivity contribution is 7.14. The average molecular weight is 260 g/mol. The molecule has 0 saturated heterocycles. The Morgan fingerprint density at radius 1 is 1.39 bits per heavy atom. The van der Waals surface area contributed by atoms with E-state index in [1.165, 1.54) is 9.78 Å². The van der Waals surface area contributed by atoms with E-state index >= 15 is 0 Å². The van der Waals surface area contributed by atoms with Crippen LogP contribution in [0, 0.1) is 6.92 Å². The molecule has 2 heterocycles. The Hall–Kier alpha value is -1.88. The van der Waals surface area contributed by atoms with Crippen LogP contribution in [0.15, 0.2) is 24.4 Å². The second kappa shape index (κ2) is 4.10. The number of thiazole rings is 1. The molecular formula is C13H12N2O2S. The zero-order valence-electron chi connectivity index (χ0n) is 9.88. The Morgan fingerprint density at radius 2 is 2.17 bits per heavy atom. The van der Waals surface area contributed by atoms with Gasteiger partial charge in [0.25, 0.3) is 0 Å². The lowest BCUT2D eigenvalue weighted by molar-refractivity contribution is 0.145. The van der Waals surface area contributed by atoms with Crippen molar-refractivity contribution in [3.05, 3.63) is 40.4 Å². The van der Waals surface area contributed by atoms with Gasteiger partial charge < -0.3 is 5.11 Å². The van der Waals surface area contributed by atoms with Gasteiger partial charge in [-0.25, -0.2) is 9.78 Å². The molecule has 1 aromatic carbocycles. The van der Waals surface area contributed by atoms with Crippen molar-refractivity contribution >= 4 is 17.4 Å². The predicted molar refractivity (Wildman–Crippen MR) is 69.6 cm³/mol. The van der Waals surface area contributed by atoms with Gasteiger partial charge in [-0.3, -0.25) is 4.90 Å². The fourth-order valence-corrected chi connectivity index (χ4v) is 2.91. The molecule has 1 aromatic heterocycles. The zero-order valence-corrected chi connectivity index (χ0v) is 10.7. The van der Waals surface area contributed by atoms with Crippen molar-refractivity contribution in [2.24, 2.45) is 0 Å². The molecule has 3 rings (SSSR count). The number of hydrogen-bond donors (Lipinski definition) is 1. The molecule has 0 saturated carbocycles. The first-order chi connectivity index (χ1) is 8.63. The highest BCUT2D eigenvalue weighted by Crippen LogP contribution is 2.30. The van der Waals surface area contributed by atoms with Crippen molar-refractivity contribution in [2.45, 2.75) is 20.0 Å². The summed E-state index contributed by atoms with van der Waals surface area (Å²) in [6, 6.07) is 6.07. The summed E-state index contributed by atoms with van der Waals surface area (Å²) in [7, 11) is 0. The molecule has 1 amide bonds. The van der Waals surface area contributed by atoms with Crippen LogP contribution in [0.25, 0.3) is 10.6 Å². The number of hydrogen-bond acceptors (Lipinski definition) is 3. The molecule has 1 aliphatic heterocycles. The van der Waals surface area contributed by atoms with Crippen LogP contribution in [-0.2, 0) is 13.1 Å². The molecule has 0 fully saturated rings. The monoisotopic (exact) mass is 260 g/mol. The van der Waals surface area contributed by atoms with E-state index in [2.05, 4.69) is 11.1 Å². The van der Waals surface area contributed by atoms with Gasteiger partial charge in [0, 0.05) is 29.7 Å². The zero-order chi connectivity index (χ0) is 12.7. The summed E-state index contributed by atoms with van der Waals surface area (Å²) < 4.78 is 0. The third-order valence-corrected chi connectivity index (χ3v) is 4.03. The standard InChI is InChI=1S/C13H12N2O2S/c1-8-5-14-12(18-8)9-2-3-10-6-15(13(16)17)7-11(10)4-9/h2-5H,6-7H2,1H3,(H,16,17). The van der Waals surface area contributed by atoms with Gasteiger partial charge >= 0.3 is 6.09 Å². The Balaban J connectivity index is 1.94. The lowest BCUT2D eigenvalue weighted by atomic mass is 10.1. The Labute approximate surface area is 109 Å². The van der Waals surface area contributed by atoms with Crippen molar-refractivity contribution in [2.75, 3.05) is 0 Å². The van der Waals surface area contributed by atoms with E-state index in [4.69, 9.17) is 5.11 Å². The highest BCUT2D eigenvalue weighted by Gasteiger charge is 2.23. The first-order valence-electron chi connectivity index (χ1n) is 5.66. The van der Waals surface area contributed by atoms with Crippen LogP contribution in [0.2, 0.25) is 0 Å². The van der Waals surface area contributed by atoms with E-state index < -0.39 is 6.09 Å². The average Bonchev–Trinajstić information content (AvgIpc) is 2.93. The van der Waals surface area contributed by atoms with Crippen molar-refractivity contribution in [1.82, 2.24) is 9.88 Å². The molecule has 92 valence electrons. The minimum absolute atomic E-state index is 0.475. The molecule has 1 N–H and O–H groups in total. The number of amides is 1. The summed E-state index contributed by atoms with van der Waals surface area (Å²) in [6.45, 7) is 2.99. The van der Waals surface area contributed by atoms with Crippen molar-refractivity contribution < 1.29 is 9.90 Å². The topological polar surface area (TPSA) is 53.4 Å². The van der Waals surface area contributed by atoms with E-state index in [1.54, 1.807) is 11.3 Å². The lowest BCUT2D eigenvalue weighted by Crippen LogP contribution is -2.22. The molecule has 1 aliphatic rings. The molecule has 0 spiro atoms. The Bertz CT molecular complexity index is 621. The third kappa shape index (κ3) is 1.86. The van der Waals surface area contributed by atoms with Gasteiger partial charge in [0.05, 0.1) is 0 Å². The summed E-state index contributed by atoms with van der Waals surface area (Å²) in [5, 5.41) is 9.98. The first kappa shape index (κ1) is 11.2. The van der Waals surface area contributed by atoms with Gasteiger partial charge in [-0.05, 0) is 24.1 Å². The third-order valence-electron chi connectivity index (χ3n) is 3.07. The molecule has 2 aromatic rings. The number of carbonyl (C=O) groups is 1. The highest BCUT2D eigenvalue weighted by atomic mass is 32.1. The smallest absolute Gasteiger partial charge is 0.407 e. The minimum Gasteiger partial charge on any atom is -0.465 e. The number of benzene rings is 1. The van der Waals surface area contributed by atoms with Gasteiger partial charge in [-0.1, -0.05) is 12.1 Å². The number of nitrogens with zero attached hydrogens (tertiary/aromatic N) is 2. The van der Waals surface area contributed by atoms with E-state index in [0.29, 0.717) is 13.1 Å². The molecule has 0 atom stereocenters. The number of rotatable bonds is 1. The van der Waals surface area contributed by atoms with Crippen molar-refractivity contribution in [3.8, 4) is 10.6 Å². The quantitative estimate of drug-likeness (QED) is 0.857. The SMILES string of the molecule is Cc1cnc(-c2ccc3c(c2)CN(C(=O)O)C3)s1. The summed E-state index contributed by atoms with van der Waals surface area (Å²) in [5.74, 6) is 0. The summed E-state index contributed by atoms with van der Waals surface area (Å²) >= 11 is 1.65. The second-order valence-electron chi connectivity index (χ2n) is 4.40. The van der Waals surface area contributed by atoms with Crippen LogP contribution in [0.1, 0.15) is 16.0 Å². The van der Waals surface area contributed by atoms with Gasteiger partial charge in [0.15, 0.2) is 0 Å². The summed E-state index contributed by atoms with van der Waals surface area (Å²) in [6.07, 6.45) is 0.995. The number of carboxylic acid groups (broad SMARTS) is 1. The minimum atomic E-state index is -0.863. The Morgan fingerprint density at radius 3 is 2.83 bits per heavy atom. The van der Waals surface area contributed by atoms with Gasteiger partial charge in [0.1, 0.15) is 5.01 Å². The maximum absolute atomic E-state index is 10.9. The van der Waals surface area contributed by atoms with Crippen LogP contribution in [0.5, 0.6) is 0 Å². The van der Waals surface area contributed by atoms with Gasteiger partial charge in [-0.15, -0.1) is 11.3 Å². The number of aryl methyl sites for hydroxylation is 1. The molecule has 5 heteroatoms. The fourth-order valence-electron chi connectivity index (χ4n) is 2.15. The van der Waals surface area contributed by atoms with Crippen LogP contribution in [0.4, 0.5) is 4.79 Å². The Kier molecular flexibility index (Phi) is 2.56. The van der Waals surface area contributed by atoms with Gasteiger partial charge in [0.2, 0.25) is 0 Å². The second-order valence-corrected chi connectivity index (χ2v) is 5.63. The molecule has 0 unspecified atom stereocenters. The fraction of sp³-hybridized carbons (Fsp3) is 0.231. The molecule has 18 heavy (non-hydrogen) atoms. The summed E-state index contributed by atoms with van der Waals surface area (Å²) in [4.78, 5) is 17.9. The van der Waals surface area contributed by atoms with Gasteiger partial charge in [-0.2, -0.15) is 0 Å². The van der Waals surface area contributed by atoms with Crippen LogP contribution in [-0.4, -0.2) is 21.1 Å².